The van der Waals surface area contributed by atoms with Gasteiger partial charge in [-0.3, -0.25) is 14.4 Å². The van der Waals surface area contributed by atoms with Gasteiger partial charge < -0.3 is 20.1 Å². The molecule has 35 heavy (non-hydrogen) atoms. The van der Waals surface area contributed by atoms with Crippen molar-refractivity contribution in [2.45, 2.75) is 25.8 Å². The molecular formula is C20H21F3N4O7S. The number of aliphatic carboxylic acids is 1. The van der Waals surface area contributed by atoms with E-state index >= 15 is 0 Å². The van der Waals surface area contributed by atoms with E-state index in [0.29, 0.717) is 0 Å². The van der Waals surface area contributed by atoms with Crippen molar-refractivity contribution in [1.82, 2.24) is 18.5 Å². The summed E-state index contributed by atoms with van der Waals surface area (Å²) in [5.74, 6) is -3.41. The predicted molar refractivity (Wildman–Crippen MR) is 115 cm³/mol. The molecule has 190 valence electrons. The molecule has 2 aromatic rings. The van der Waals surface area contributed by atoms with E-state index in [2.05, 4.69) is 0 Å². The Balaban J connectivity index is 2.13. The first-order valence-corrected chi connectivity index (χ1v) is 11.4. The van der Waals surface area contributed by atoms with Gasteiger partial charge in [-0.25, -0.2) is 0 Å². The summed E-state index contributed by atoms with van der Waals surface area (Å²) in [4.78, 5) is 36.5. The first-order chi connectivity index (χ1) is 16.1. The summed E-state index contributed by atoms with van der Waals surface area (Å²) in [7, 11) is -1.45. The average Bonchev–Trinajstić information content (AvgIpc) is 3.21. The van der Waals surface area contributed by atoms with Gasteiger partial charge in [0.05, 0.1) is 18.7 Å². The summed E-state index contributed by atoms with van der Waals surface area (Å²) in [6.07, 6.45) is -4.58. The van der Waals surface area contributed by atoms with Crippen molar-refractivity contribution in [1.29, 1.82) is 0 Å². The molecule has 11 nitrogen and oxygen atoms in total. The summed E-state index contributed by atoms with van der Waals surface area (Å²) >= 11 is 0. The van der Waals surface area contributed by atoms with E-state index in [1.54, 1.807) is 0 Å². The average molecular weight is 518 g/mol. The number of fused-ring (bicyclic) bond motifs is 1. The molecule has 1 aromatic heterocycles. The maximum atomic E-state index is 13.2. The minimum atomic E-state index is -4.58. The Morgan fingerprint density at radius 3 is 2.26 bits per heavy atom. The van der Waals surface area contributed by atoms with Gasteiger partial charge in [0.15, 0.2) is 0 Å². The Morgan fingerprint density at radius 2 is 1.74 bits per heavy atom. The normalized spacial score (nSPS) is 14.2. The van der Waals surface area contributed by atoms with Crippen molar-refractivity contribution >= 4 is 22.1 Å². The van der Waals surface area contributed by atoms with Crippen LogP contribution in [0.25, 0.3) is 0 Å². The third kappa shape index (κ3) is 5.16. The zero-order valence-corrected chi connectivity index (χ0v) is 19.3. The Morgan fingerprint density at radius 1 is 1.14 bits per heavy atom. The van der Waals surface area contributed by atoms with Gasteiger partial charge in [-0.1, -0.05) is 12.1 Å². The number of aromatic nitrogens is 1. The first-order valence-electron chi connectivity index (χ1n) is 9.95. The summed E-state index contributed by atoms with van der Waals surface area (Å²) in [6.45, 7) is -1.94. The number of pyridine rings is 1. The van der Waals surface area contributed by atoms with Crippen molar-refractivity contribution in [3.05, 3.63) is 62.6 Å². The van der Waals surface area contributed by atoms with E-state index in [0.717, 1.165) is 37.4 Å². The lowest BCUT2D eigenvalue weighted by molar-refractivity contribution is -0.138. The van der Waals surface area contributed by atoms with Crippen LogP contribution in [0.5, 0.6) is 5.75 Å². The van der Waals surface area contributed by atoms with Crippen molar-refractivity contribution in [3.63, 3.8) is 0 Å². The molecule has 15 heteroatoms. The molecule has 0 saturated heterocycles. The van der Waals surface area contributed by atoms with E-state index in [4.69, 9.17) is 5.11 Å². The van der Waals surface area contributed by atoms with Crippen LogP contribution in [0.4, 0.5) is 13.2 Å². The number of benzene rings is 1. The highest BCUT2D eigenvalue weighted by Crippen LogP contribution is 2.34. The number of hydrogen-bond donors (Lipinski definition) is 3. The van der Waals surface area contributed by atoms with E-state index in [1.807, 2.05) is 5.32 Å². The van der Waals surface area contributed by atoms with Gasteiger partial charge in [0.25, 0.3) is 21.7 Å². The van der Waals surface area contributed by atoms with Crippen molar-refractivity contribution in [2.24, 2.45) is 0 Å². The zero-order chi connectivity index (χ0) is 26.3. The van der Waals surface area contributed by atoms with Crippen molar-refractivity contribution in [3.8, 4) is 5.75 Å². The monoisotopic (exact) mass is 518 g/mol. The van der Waals surface area contributed by atoms with Crippen LogP contribution in [0, 0.1) is 0 Å². The minimum absolute atomic E-state index is 0.0487. The number of nitrogens with one attached hydrogen (secondary N) is 1. The number of carboxylic acids is 1. The molecule has 0 atom stereocenters. The molecule has 0 fully saturated rings. The Bertz CT molecular complexity index is 1340. The van der Waals surface area contributed by atoms with Crippen LogP contribution < -0.4 is 10.9 Å². The van der Waals surface area contributed by atoms with E-state index in [1.165, 1.54) is 14.1 Å². The molecule has 0 bridgehead atoms. The number of carbonyl (C=O) groups excluding carboxylic acids is 1. The molecule has 0 unspecified atom stereocenters. The number of alkyl halides is 3. The molecule has 1 aliphatic heterocycles. The maximum absolute atomic E-state index is 13.2. The third-order valence-electron chi connectivity index (χ3n) is 5.35. The van der Waals surface area contributed by atoms with Crippen LogP contribution in [0.2, 0.25) is 0 Å². The lowest BCUT2D eigenvalue weighted by Crippen LogP contribution is -2.37. The molecule has 0 saturated carbocycles. The van der Waals surface area contributed by atoms with Crippen LogP contribution in [0.3, 0.4) is 0 Å². The molecule has 2 heterocycles. The van der Waals surface area contributed by atoms with E-state index < -0.39 is 63.8 Å². The van der Waals surface area contributed by atoms with Gasteiger partial charge in [-0.15, -0.1) is 0 Å². The molecule has 1 amide bonds. The predicted octanol–water partition coefficient (Wildman–Crippen LogP) is 0.557. The van der Waals surface area contributed by atoms with E-state index in [-0.39, 0.29) is 29.9 Å². The highest BCUT2D eigenvalue weighted by molar-refractivity contribution is 7.86. The Kier molecular flexibility index (Phi) is 6.97. The second-order valence-corrected chi connectivity index (χ2v) is 10.0. The van der Waals surface area contributed by atoms with Gasteiger partial charge in [0, 0.05) is 31.9 Å². The molecule has 0 spiro atoms. The smallest absolute Gasteiger partial charge is 0.416 e. The SMILES string of the molecule is CN(C)S(=O)(=O)N1Cc2c(O)c(C(=O)NCC(=O)O)c(=O)n(Cc3ccc(C(F)(F)F)cc3)c2C1. The maximum Gasteiger partial charge on any atom is 0.416 e. The van der Waals surface area contributed by atoms with Gasteiger partial charge >= 0.3 is 12.1 Å². The number of amides is 1. The fraction of sp³-hybridized carbons (Fsp3) is 0.350. The standard InChI is InChI=1S/C20H21F3N4O7S/c1-25(2)35(33,34)26-9-13-14(10-26)27(8-11-3-5-12(6-4-11)20(21,22)23)19(32)16(17(13)30)18(31)24-7-15(28)29/h3-6,30H,7-10H2,1-2H3,(H,24,31)(H,28,29). The Hall–Kier alpha value is -3.43. The van der Waals surface area contributed by atoms with E-state index in [9.17, 15) is 41.1 Å². The zero-order valence-electron chi connectivity index (χ0n) is 18.5. The number of hydrogen-bond acceptors (Lipinski definition) is 6. The molecule has 0 radical (unpaired) electrons. The second-order valence-electron chi connectivity index (χ2n) is 7.87. The lowest BCUT2D eigenvalue weighted by Gasteiger charge is -2.20. The third-order valence-corrected chi connectivity index (χ3v) is 7.19. The number of nitrogens with zero attached hydrogens (tertiary/aromatic N) is 3. The van der Waals surface area contributed by atoms with Crippen LogP contribution in [0.15, 0.2) is 29.1 Å². The van der Waals surface area contributed by atoms with Crippen LogP contribution in [0.1, 0.15) is 32.7 Å². The van der Waals surface area contributed by atoms with Crippen molar-refractivity contribution in [2.75, 3.05) is 20.6 Å². The number of carboxylic acid groups (broad SMARTS) is 1. The fourth-order valence-electron chi connectivity index (χ4n) is 3.55. The molecule has 0 aliphatic carbocycles. The molecule has 1 aromatic carbocycles. The van der Waals surface area contributed by atoms with Crippen LogP contribution >= 0.6 is 0 Å². The highest BCUT2D eigenvalue weighted by atomic mass is 32.2. The van der Waals surface area contributed by atoms with Gasteiger partial charge in [-0.05, 0) is 17.7 Å². The topological polar surface area (TPSA) is 149 Å². The lowest BCUT2D eigenvalue weighted by atomic mass is 10.1. The summed E-state index contributed by atoms with van der Waals surface area (Å²) < 4.78 is 66.8. The number of carbonyl (C=O) groups is 2. The number of rotatable bonds is 7. The quantitative estimate of drug-likeness (QED) is 0.485. The van der Waals surface area contributed by atoms with Gasteiger partial charge in [0.2, 0.25) is 0 Å². The largest absolute Gasteiger partial charge is 0.506 e. The molecule has 1 aliphatic rings. The highest BCUT2D eigenvalue weighted by Gasteiger charge is 2.37. The molecule has 3 N–H and O–H groups in total. The summed E-state index contributed by atoms with van der Waals surface area (Å²) in [5.41, 5.74) is -2.55. The van der Waals surface area contributed by atoms with Crippen LogP contribution in [-0.2, 0) is 40.8 Å². The second kappa shape index (κ2) is 9.31. The minimum Gasteiger partial charge on any atom is -0.506 e. The summed E-state index contributed by atoms with van der Waals surface area (Å²) in [5, 5.41) is 21.4. The number of halogens is 3. The Labute approximate surface area is 197 Å². The first kappa shape index (κ1) is 26.2. The molecular weight excluding hydrogens is 497 g/mol. The summed E-state index contributed by atoms with van der Waals surface area (Å²) in [6, 6.07) is 3.87. The fourth-order valence-corrected chi connectivity index (χ4v) is 4.59. The van der Waals surface area contributed by atoms with Gasteiger partial charge in [-0.2, -0.15) is 30.2 Å². The number of aromatic hydroxyl groups is 1. The van der Waals surface area contributed by atoms with Crippen LogP contribution in [-0.4, -0.2) is 64.3 Å². The van der Waals surface area contributed by atoms with Crippen molar-refractivity contribution < 1.29 is 41.4 Å². The molecule has 3 rings (SSSR count). The van der Waals surface area contributed by atoms with Gasteiger partial charge in [0.1, 0.15) is 17.9 Å².